The summed E-state index contributed by atoms with van der Waals surface area (Å²) in [4.78, 5) is 11.9. The van der Waals surface area contributed by atoms with Gasteiger partial charge < -0.3 is 10.0 Å². The monoisotopic (exact) mass is 257 g/mol. The van der Waals surface area contributed by atoms with Crippen LogP contribution in [-0.4, -0.2) is 23.1 Å². The molecule has 3 nitrogen and oxygen atoms in total. The van der Waals surface area contributed by atoms with Crippen LogP contribution in [0.1, 0.15) is 18.5 Å². The Morgan fingerprint density at radius 3 is 1.68 bits per heavy atom. The summed E-state index contributed by atoms with van der Waals surface area (Å²) < 4.78 is 0. The average molecular weight is 257 g/mol. The van der Waals surface area contributed by atoms with Gasteiger partial charge in [0.1, 0.15) is 0 Å². The summed E-state index contributed by atoms with van der Waals surface area (Å²) >= 11 is 0. The zero-order chi connectivity index (χ0) is 14.1. The smallest absolute Gasteiger partial charge is 0.407 e. The highest BCUT2D eigenvalue weighted by Crippen LogP contribution is 2.17. The van der Waals surface area contributed by atoms with Crippen molar-refractivity contribution in [2.45, 2.75) is 13.0 Å². The Kier molecular flexibility index (Phi) is 6.16. The third kappa shape index (κ3) is 5.25. The topological polar surface area (TPSA) is 40.5 Å². The van der Waals surface area contributed by atoms with Gasteiger partial charge in [-0.15, -0.1) is 0 Å². The van der Waals surface area contributed by atoms with Crippen molar-refractivity contribution in [2.75, 3.05) is 7.05 Å². The third-order valence-electron chi connectivity index (χ3n) is 2.83. The normalized spacial score (nSPS) is 10.8. The predicted octanol–water partition coefficient (Wildman–Crippen LogP) is 4.04. The van der Waals surface area contributed by atoms with E-state index in [1.165, 1.54) is 4.90 Å². The second-order valence-corrected chi connectivity index (χ2v) is 4.13. The quantitative estimate of drug-likeness (QED) is 0.881. The Labute approximate surface area is 114 Å². The van der Waals surface area contributed by atoms with Gasteiger partial charge in [-0.25, -0.2) is 4.79 Å². The molecule has 1 unspecified atom stereocenters. The van der Waals surface area contributed by atoms with E-state index in [4.69, 9.17) is 5.11 Å². The Morgan fingerprint density at radius 1 is 0.947 bits per heavy atom. The van der Waals surface area contributed by atoms with E-state index >= 15 is 0 Å². The molecule has 0 aliphatic heterocycles. The van der Waals surface area contributed by atoms with Crippen LogP contribution < -0.4 is 0 Å². The predicted molar refractivity (Wildman–Crippen MR) is 77.1 cm³/mol. The number of carboxylic acid groups (broad SMARTS) is 1. The second-order valence-electron chi connectivity index (χ2n) is 4.13. The number of benzene rings is 2. The Bertz CT molecular complexity index is 444. The lowest BCUT2D eigenvalue weighted by molar-refractivity contribution is 0.142. The first-order chi connectivity index (χ1) is 9.13. The molecule has 2 aromatic carbocycles. The zero-order valence-corrected chi connectivity index (χ0v) is 11.2. The molecule has 0 radical (unpaired) electrons. The van der Waals surface area contributed by atoms with E-state index in [0.29, 0.717) is 0 Å². The van der Waals surface area contributed by atoms with E-state index in [-0.39, 0.29) is 6.04 Å². The minimum atomic E-state index is -0.906. The molecule has 0 saturated heterocycles. The molecule has 3 heteroatoms. The van der Waals surface area contributed by atoms with Crippen LogP contribution in [0.2, 0.25) is 0 Å². The van der Waals surface area contributed by atoms with Gasteiger partial charge >= 0.3 is 6.09 Å². The molecule has 0 spiro atoms. The van der Waals surface area contributed by atoms with Gasteiger partial charge in [0.25, 0.3) is 0 Å². The van der Waals surface area contributed by atoms with Crippen LogP contribution in [-0.2, 0) is 0 Å². The highest BCUT2D eigenvalue weighted by atomic mass is 16.4. The number of carbonyl (C=O) groups is 1. The maximum atomic E-state index is 10.6. The first kappa shape index (κ1) is 14.8. The molecule has 2 aromatic rings. The number of amides is 1. The van der Waals surface area contributed by atoms with Crippen molar-refractivity contribution >= 4 is 6.09 Å². The van der Waals surface area contributed by atoms with Gasteiger partial charge in [0, 0.05) is 7.05 Å². The molecular formula is C16H19NO2. The van der Waals surface area contributed by atoms with E-state index in [1.54, 1.807) is 7.05 Å². The fraction of sp³-hybridized carbons (Fsp3) is 0.188. The molecule has 1 N–H and O–H groups in total. The van der Waals surface area contributed by atoms with E-state index in [2.05, 4.69) is 0 Å². The van der Waals surface area contributed by atoms with E-state index in [0.717, 1.165) is 5.56 Å². The Morgan fingerprint density at radius 2 is 1.32 bits per heavy atom. The van der Waals surface area contributed by atoms with Crippen LogP contribution in [0.4, 0.5) is 4.79 Å². The lowest BCUT2D eigenvalue weighted by Crippen LogP contribution is -2.27. The summed E-state index contributed by atoms with van der Waals surface area (Å²) in [7, 11) is 1.57. The molecule has 2 rings (SSSR count). The summed E-state index contributed by atoms with van der Waals surface area (Å²) in [6, 6.07) is 21.5. The molecular weight excluding hydrogens is 238 g/mol. The molecule has 19 heavy (non-hydrogen) atoms. The third-order valence-corrected chi connectivity index (χ3v) is 2.83. The van der Waals surface area contributed by atoms with Crippen LogP contribution in [0, 0.1) is 0 Å². The fourth-order valence-electron chi connectivity index (χ4n) is 1.51. The molecule has 1 amide bonds. The highest BCUT2D eigenvalue weighted by Gasteiger charge is 2.14. The number of hydrogen-bond donors (Lipinski definition) is 1. The van der Waals surface area contributed by atoms with Crippen molar-refractivity contribution < 1.29 is 9.90 Å². The van der Waals surface area contributed by atoms with Crippen LogP contribution in [0.5, 0.6) is 0 Å². The summed E-state index contributed by atoms with van der Waals surface area (Å²) in [6.07, 6.45) is -0.906. The van der Waals surface area contributed by atoms with E-state index in [9.17, 15) is 4.79 Å². The van der Waals surface area contributed by atoms with Crippen molar-refractivity contribution in [3.8, 4) is 0 Å². The summed E-state index contributed by atoms with van der Waals surface area (Å²) in [5.41, 5.74) is 1.01. The second kappa shape index (κ2) is 7.93. The highest BCUT2D eigenvalue weighted by molar-refractivity contribution is 5.65. The van der Waals surface area contributed by atoms with Gasteiger partial charge in [-0.3, -0.25) is 0 Å². The maximum Gasteiger partial charge on any atom is 0.407 e. The minimum absolute atomic E-state index is 0.0984. The van der Waals surface area contributed by atoms with Gasteiger partial charge in [0.15, 0.2) is 0 Å². The molecule has 0 heterocycles. The van der Waals surface area contributed by atoms with Crippen LogP contribution in [0.25, 0.3) is 0 Å². The van der Waals surface area contributed by atoms with E-state index < -0.39 is 6.09 Å². The standard InChI is InChI=1S/C10H13NO2.C6H6/c1-8(11(2)10(12)13)9-6-4-3-5-7-9;1-2-4-6-5-3-1/h3-8H,1-2H3,(H,12,13);1-6H. The Balaban J connectivity index is 0.000000250. The van der Waals surface area contributed by atoms with Gasteiger partial charge in [0.05, 0.1) is 6.04 Å². The molecule has 0 aliphatic rings. The maximum absolute atomic E-state index is 10.6. The SMILES string of the molecule is CC(c1ccccc1)N(C)C(=O)O.c1ccccc1. The minimum Gasteiger partial charge on any atom is -0.465 e. The summed E-state index contributed by atoms with van der Waals surface area (Å²) in [5, 5.41) is 8.74. The molecule has 0 fully saturated rings. The van der Waals surface area contributed by atoms with Crippen molar-refractivity contribution in [3.05, 3.63) is 72.3 Å². The van der Waals surface area contributed by atoms with Crippen molar-refractivity contribution in [2.24, 2.45) is 0 Å². The number of nitrogens with zero attached hydrogens (tertiary/aromatic N) is 1. The molecule has 0 saturated carbocycles. The average Bonchev–Trinajstić information content (AvgIpc) is 2.49. The summed E-state index contributed by atoms with van der Waals surface area (Å²) in [5.74, 6) is 0. The van der Waals surface area contributed by atoms with Gasteiger partial charge in [0.2, 0.25) is 0 Å². The number of rotatable bonds is 2. The Hall–Kier alpha value is -2.29. The van der Waals surface area contributed by atoms with Crippen LogP contribution >= 0.6 is 0 Å². The number of hydrogen-bond acceptors (Lipinski definition) is 1. The van der Waals surface area contributed by atoms with Crippen molar-refractivity contribution in [1.29, 1.82) is 0 Å². The first-order valence-electron chi connectivity index (χ1n) is 6.13. The first-order valence-corrected chi connectivity index (χ1v) is 6.13. The van der Waals surface area contributed by atoms with E-state index in [1.807, 2.05) is 73.7 Å². The van der Waals surface area contributed by atoms with Gasteiger partial charge in [-0.2, -0.15) is 0 Å². The molecule has 0 aromatic heterocycles. The van der Waals surface area contributed by atoms with Crippen molar-refractivity contribution in [3.63, 3.8) is 0 Å². The lowest BCUT2D eigenvalue weighted by Gasteiger charge is -2.21. The molecule has 0 bridgehead atoms. The zero-order valence-electron chi connectivity index (χ0n) is 11.2. The largest absolute Gasteiger partial charge is 0.465 e. The fourth-order valence-corrected chi connectivity index (χ4v) is 1.51. The molecule has 100 valence electrons. The molecule has 1 atom stereocenters. The lowest BCUT2D eigenvalue weighted by atomic mass is 10.1. The molecule has 0 aliphatic carbocycles. The summed E-state index contributed by atoms with van der Waals surface area (Å²) in [6.45, 7) is 1.86. The van der Waals surface area contributed by atoms with Gasteiger partial charge in [-0.05, 0) is 12.5 Å². The van der Waals surface area contributed by atoms with Crippen molar-refractivity contribution in [1.82, 2.24) is 4.90 Å². The van der Waals surface area contributed by atoms with Gasteiger partial charge in [-0.1, -0.05) is 66.7 Å². The van der Waals surface area contributed by atoms with Crippen LogP contribution in [0.15, 0.2) is 66.7 Å². The van der Waals surface area contributed by atoms with Crippen LogP contribution in [0.3, 0.4) is 0 Å².